The second-order valence-corrected chi connectivity index (χ2v) is 7.16. The lowest BCUT2D eigenvalue weighted by atomic mass is 9.81. The predicted molar refractivity (Wildman–Crippen MR) is 82.8 cm³/mol. The van der Waals surface area contributed by atoms with Crippen LogP contribution < -0.4 is 0 Å². The molecular weight excluding hydrogens is 302 g/mol. The first kappa shape index (κ1) is 15.2. The fraction of sp³-hybridized carbons (Fsp3) is 0.500. The fourth-order valence-electron chi connectivity index (χ4n) is 3.61. The van der Waals surface area contributed by atoms with E-state index in [0.717, 1.165) is 17.7 Å². The zero-order valence-corrected chi connectivity index (χ0v) is 13.0. The molecule has 1 saturated heterocycles. The van der Waals surface area contributed by atoms with Gasteiger partial charge in [-0.05, 0) is 43.0 Å². The zero-order valence-electron chi connectivity index (χ0n) is 12.2. The van der Waals surface area contributed by atoms with Crippen molar-refractivity contribution in [3.63, 3.8) is 0 Å². The van der Waals surface area contributed by atoms with Crippen molar-refractivity contribution in [3.8, 4) is 5.75 Å². The minimum Gasteiger partial charge on any atom is -0.508 e. The number of phenols is 1. The summed E-state index contributed by atoms with van der Waals surface area (Å²) >= 11 is 1.41. The topological polar surface area (TPSA) is 77.8 Å². The third-order valence-corrected chi connectivity index (χ3v) is 5.85. The summed E-state index contributed by atoms with van der Waals surface area (Å²) in [4.78, 5) is 26.6. The molecule has 22 heavy (non-hydrogen) atoms. The van der Waals surface area contributed by atoms with E-state index in [-0.39, 0.29) is 17.6 Å². The van der Waals surface area contributed by atoms with Crippen molar-refractivity contribution in [3.05, 3.63) is 24.3 Å². The van der Waals surface area contributed by atoms with Crippen LogP contribution in [0.25, 0.3) is 0 Å². The van der Waals surface area contributed by atoms with Crippen molar-refractivity contribution >= 4 is 23.6 Å². The number of phenolic OH excluding ortho intramolecular Hbond substituents is 1. The molecule has 1 heterocycles. The predicted octanol–water partition coefficient (Wildman–Crippen LogP) is 2.20. The van der Waals surface area contributed by atoms with Crippen molar-refractivity contribution < 1.29 is 19.8 Å². The van der Waals surface area contributed by atoms with E-state index in [1.807, 2.05) is 0 Å². The van der Waals surface area contributed by atoms with E-state index in [2.05, 4.69) is 0 Å². The van der Waals surface area contributed by atoms with Crippen LogP contribution in [0.2, 0.25) is 0 Å². The second-order valence-electron chi connectivity index (χ2n) is 6.11. The molecule has 1 amide bonds. The number of fused-ring (bicyclic) bond motifs is 1. The summed E-state index contributed by atoms with van der Waals surface area (Å²) in [6.45, 7) is 0.920. The zero-order chi connectivity index (χ0) is 15.7. The van der Waals surface area contributed by atoms with Crippen LogP contribution in [0.4, 0.5) is 0 Å². The molecule has 0 radical (unpaired) electrons. The third kappa shape index (κ3) is 2.67. The number of hydrogen-bond acceptors (Lipinski definition) is 4. The van der Waals surface area contributed by atoms with Crippen LogP contribution in [0.5, 0.6) is 5.75 Å². The Bertz CT molecular complexity index is 588. The Balaban J connectivity index is 1.60. The van der Waals surface area contributed by atoms with Crippen molar-refractivity contribution in [2.75, 3.05) is 18.8 Å². The van der Waals surface area contributed by atoms with Crippen molar-refractivity contribution in [1.82, 2.24) is 4.90 Å². The lowest BCUT2D eigenvalue weighted by Gasteiger charge is -2.23. The molecule has 118 valence electrons. The van der Waals surface area contributed by atoms with Gasteiger partial charge in [-0.1, -0.05) is 6.42 Å². The maximum atomic E-state index is 12.3. The van der Waals surface area contributed by atoms with Gasteiger partial charge in [-0.3, -0.25) is 9.59 Å². The smallest absolute Gasteiger partial charge is 0.311 e. The molecular formula is C16H19NO4S. The van der Waals surface area contributed by atoms with Crippen LogP contribution in [0.3, 0.4) is 0 Å². The van der Waals surface area contributed by atoms with Gasteiger partial charge in [0.15, 0.2) is 0 Å². The number of benzene rings is 1. The van der Waals surface area contributed by atoms with Gasteiger partial charge >= 0.3 is 5.97 Å². The quantitative estimate of drug-likeness (QED) is 0.831. The molecule has 1 aromatic rings. The average molecular weight is 321 g/mol. The molecule has 1 aromatic carbocycles. The normalized spacial score (nSPS) is 26.9. The molecule has 2 atom stereocenters. The molecule has 3 rings (SSSR count). The number of carboxylic acids is 1. The van der Waals surface area contributed by atoms with Crippen molar-refractivity contribution in [1.29, 1.82) is 0 Å². The molecule has 0 bridgehead atoms. The molecule has 1 aliphatic carbocycles. The number of carboxylic acid groups (broad SMARTS) is 1. The Kier molecular flexibility index (Phi) is 4.04. The standard InChI is InChI=1S/C16H19NO4S/c18-12-3-5-13(6-4-12)22-9-14(19)17-8-11-2-1-7-16(11,10-17)15(20)21/h3-6,11,18H,1-2,7-10H2,(H,20,21)/t11-,16+/m0/s1. The molecule has 6 heteroatoms. The molecule has 0 aromatic heterocycles. The Labute approximate surface area is 133 Å². The Morgan fingerprint density at radius 3 is 2.68 bits per heavy atom. The van der Waals surface area contributed by atoms with Gasteiger partial charge in [-0.2, -0.15) is 0 Å². The lowest BCUT2D eigenvalue weighted by molar-refractivity contribution is -0.149. The van der Waals surface area contributed by atoms with E-state index in [4.69, 9.17) is 0 Å². The SMILES string of the molecule is O=C(CSc1ccc(O)cc1)N1C[C@@H]2CCC[C@@]2(C(=O)O)C1. The van der Waals surface area contributed by atoms with Crippen LogP contribution in [-0.2, 0) is 9.59 Å². The average Bonchev–Trinajstić information content (AvgIpc) is 3.04. The first-order valence-electron chi connectivity index (χ1n) is 7.44. The molecule has 2 aliphatic rings. The van der Waals surface area contributed by atoms with E-state index in [9.17, 15) is 19.8 Å². The number of carbonyl (C=O) groups is 2. The Morgan fingerprint density at radius 1 is 1.32 bits per heavy atom. The van der Waals surface area contributed by atoms with Gasteiger partial charge < -0.3 is 15.1 Å². The summed E-state index contributed by atoms with van der Waals surface area (Å²) in [5.74, 6) is -0.156. The van der Waals surface area contributed by atoms with E-state index in [1.165, 1.54) is 11.8 Å². The molecule has 0 unspecified atom stereocenters. The summed E-state index contributed by atoms with van der Waals surface area (Å²) in [6.07, 6.45) is 2.53. The van der Waals surface area contributed by atoms with Crippen LogP contribution in [0.15, 0.2) is 29.2 Å². The maximum absolute atomic E-state index is 12.3. The number of hydrogen-bond donors (Lipinski definition) is 2. The second kappa shape index (κ2) is 5.83. The van der Waals surface area contributed by atoms with Gasteiger partial charge in [0, 0.05) is 18.0 Å². The number of aliphatic carboxylic acids is 1. The van der Waals surface area contributed by atoms with Gasteiger partial charge in [0.05, 0.1) is 11.2 Å². The van der Waals surface area contributed by atoms with E-state index in [0.29, 0.717) is 25.3 Å². The highest BCUT2D eigenvalue weighted by Crippen LogP contribution is 2.49. The lowest BCUT2D eigenvalue weighted by Crippen LogP contribution is -2.37. The van der Waals surface area contributed by atoms with E-state index in [1.54, 1.807) is 29.2 Å². The first-order chi connectivity index (χ1) is 10.5. The van der Waals surface area contributed by atoms with Gasteiger partial charge in [0.1, 0.15) is 5.75 Å². The largest absolute Gasteiger partial charge is 0.508 e. The van der Waals surface area contributed by atoms with Crippen molar-refractivity contribution in [2.45, 2.75) is 24.2 Å². The molecule has 5 nitrogen and oxygen atoms in total. The van der Waals surface area contributed by atoms with Gasteiger partial charge in [0.2, 0.25) is 5.91 Å². The highest BCUT2D eigenvalue weighted by atomic mass is 32.2. The molecule has 2 fully saturated rings. The van der Waals surface area contributed by atoms with E-state index < -0.39 is 11.4 Å². The minimum absolute atomic E-state index is 0.00639. The molecule has 2 N–H and O–H groups in total. The van der Waals surface area contributed by atoms with Crippen LogP contribution in [0, 0.1) is 11.3 Å². The first-order valence-corrected chi connectivity index (χ1v) is 8.43. The summed E-state index contributed by atoms with van der Waals surface area (Å²) in [5, 5.41) is 18.8. The number of carbonyl (C=O) groups excluding carboxylic acids is 1. The highest BCUT2D eigenvalue weighted by molar-refractivity contribution is 8.00. The summed E-state index contributed by atoms with van der Waals surface area (Å²) < 4.78 is 0. The molecule has 1 saturated carbocycles. The molecule has 0 spiro atoms. The summed E-state index contributed by atoms with van der Waals surface area (Å²) in [5.41, 5.74) is -0.709. The Hall–Kier alpha value is -1.69. The number of nitrogens with zero attached hydrogens (tertiary/aromatic N) is 1. The number of aromatic hydroxyl groups is 1. The van der Waals surface area contributed by atoms with Crippen LogP contribution >= 0.6 is 11.8 Å². The van der Waals surface area contributed by atoms with E-state index >= 15 is 0 Å². The van der Waals surface area contributed by atoms with Crippen LogP contribution in [0.1, 0.15) is 19.3 Å². The van der Waals surface area contributed by atoms with Gasteiger partial charge in [0.25, 0.3) is 0 Å². The third-order valence-electron chi connectivity index (χ3n) is 4.85. The summed E-state index contributed by atoms with van der Waals surface area (Å²) in [6, 6.07) is 6.72. The summed E-state index contributed by atoms with van der Waals surface area (Å²) in [7, 11) is 0. The molecule has 1 aliphatic heterocycles. The monoisotopic (exact) mass is 321 g/mol. The number of amides is 1. The number of likely N-dealkylation sites (tertiary alicyclic amines) is 1. The number of thioether (sulfide) groups is 1. The highest BCUT2D eigenvalue weighted by Gasteiger charge is 2.55. The van der Waals surface area contributed by atoms with Crippen molar-refractivity contribution in [2.24, 2.45) is 11.3 Å². The van der Waals surface area contributed by atoms with Gasteiger partial charge in [-0.15, -0.1) is 11.8 Å². The maximum Gasteiger partial charge on any atom is 0.311 e. The van der Waals surface area contributed by atoms with Crippen LogP contribution in [-0.4, -0.2) is 45.8 Å². The fourth-order valence-corrected chi connectivity index (χ4v) is 4.41. The Morgan fingerprint density at radius 2 is 2.05 bits per heavy atom. The van der Waals surface area contributed by atoms with Gasteiger partial charge in [-0.25, -0.2) is 0 Å². The number of rotatable bonds is 4. The minimum atomic E-state index is -0.753.